The summed E-state index contributed by atoms with van der Waals surface area (Å²) < 4.78 is 64.0. The Hall–Kier alpha value is -3.39. The zero-order valence-electron chi connectivity index (χ0n) is 18.3. The molecule has 1 saturated heterocycles. The Morgan fingerprint density at radius 3 is 2.54 bits per heavy atom. The number of alkyl halides is 3. The molecule has 1 atom stereocenters. The Morgan fingerprint density at radius 1 is 1.23 bits per heavy atom. The van der Waals surface area contributed by atoms with Crippen molar-refractivity contribution in [1.82, 2.24) is 14.0 Å². The number of aromatic nitrogens is 2. The molecule has 0 aliphatic carbocycles. The Kier molecular flexibility index (Phi) is 7.55. The second-order valence-corrected chi connectivity index (χ2v) is 7.91. The predicted molar refractivity (Wildman–Crippen MR) is 114 cm³/mol. The maximum atomic E-state index is 14.6. The fourth-order valence-corrected chi connectivity index (χ4v) is 3.61. The maximum absolute atomic E-state index is 14.6. The summed E-state index contributed by atoms with van der Waals surface area (Å²) >= 11 is 6.00. The minimum Gasteiger partial charge on any atom is -0.467 e. The van der Waals surface area contributed by atoms with E-state index in [0.717, 1.165) is 13.1 Å². The molecule has 1 aliphatic rings. The summed E-state index contributed by atoms with van der Waals surface area (Å²) in [5, 5.41) is 2.13. The summed E-state index contributed by atoms with van der Waals surface area (Å²) in [6, 6.07) is 1.06. The molecule has 1 fully saturated rings. The first-order valence-corrected chi connectivity index (χ1v) is 10.3. The van der Waals surface area contributed by atoms with Crippen LogP contribution in [0.25, 0.3) is 5.69 Å². The summed E-state index contributed by atoms with van der Waals surface area (Å²) in [6.07, 6.45) is -5.00. The van der Waals surface area contributed by atoms with Crippen LogP contribution in [-0.4, -0.2) is 58.9 Å². The number of urea groups is 1. The number of anilines is 1. The molecule has 1 aromatic carbocycles. The van der Waals surface area contributed by atoms with E-state index in [4.69, 9.17) is 16.3 Å². The number of benzene rings is 1. The van der Waals surface area contributed by atoms with Crippen LogP contribution < -0.4 is 16.6 Å². The van der Waals surface area contributed by atoms with Gasteiger partial charge in [-0.25, -0.2) is 23.3 Å². The number of nitrogens with zero attached hydrogens (tertiary/aromatic N) is 3. The monoisotopic (exact) mass is 522 g/mol. The second kappa shape index (κ2) is 10.1. The summed E-state index contributed by atoms with van der Waals surface area (Å²) in [7, 11) is 1.99. The molecule has 0 spiro atoms. The average Bonchev–Trinajstić information content (AvgIpc) is 3.26. The molecule has 35 heavy (non-hydrogen) atoms. The van der Waals surface area contributed by atoms with Crippen molar-refractivity contribution in [3.8, 4) is 5.69 Å². The van der Waals surface area contributed by atoms with Crippen molar-refractivity contribution in [2.45, 2.75) is 18.7 Å². The quantitative estimate of drug-likeness (QED) is 0.476. The third kappa shape index (κ3) is 5.65. The molecule has 2 amide bonds. The van der Waals surface area contributed by atoms with Gasteiger partial charge >= 0.3 is 23.9 Å². The first-order valence-electron chi connectivity index (χ1n) is 9.97. The van der Waals surface area contributed by atoms with E-state index in [0.29, 0.717) is 12.5 Å². The smallest absolute Gasteiger partial charge is 0.431 e. The van der Waals surface area contributed by atoms with Crippen LogP contribution >= 0.6 is 11.6 Å². The second-order valence-electron chi connectivity index (χ2n) is 7.50. The number of hydrogen-bond acceptors (Lipinski definition) is 6. The van der Waals surface area contributed by atoms with Gasteiger partial charge in [-0.05, 0) is 18.6 Å². The van der Waals surface area contributed by atoms with Gasteiger partial charge in [0.2, 0.25) is 0 Å². The number of amides is 2. The number of esters is 1. The Balaban J connectivity index is 1.87. The largest absolute Gasteiger partial charge is 0.467 e. The van der Waals surface area contributed by atoms with Gasteiger partial charge in [0.05, 0.1) is 29.6 Å². The van der Waals surface area contributed by atoms with E-state index in [9.17, 15) is 36.7 Å². The van der Waals surface area contributed by atoms with E-state index in [1.807, 2.05) is 0 Å². The molecule has 2 aromatic rings. The molecule has 1 unspecified atom stereocenters. The predicted octanol–water partition coefficient (Wildman–Crippen LogP) is 2.14. The van der Waals surface area contributed by atoms with Crippen LogP contribution in [0.15, 0.2) is 27.8 Å². The highest BCUT2D eigenvalue weighted by Crippen LogP contribution is 2.29. The highest BCUT2D eigenvalue weighted by molar-refractivity contribution is 6.33. The third-order valence-corrected chi connectivity index (χ3v) is 5.54. The van der Waals surface area contributed by atoms with Crippen molar-refractivity contribution in [2.24, 2.45) is 7.05 Å². The molecule has 1 N–H and O–H groups in total. The number of ether oxygens (including phenoxy) is 2. The van der Waals surface area contributed by atoms with Gasteiger partial charge in [0.15, 0.2) is 0 Å². The minimum absolute atomic E-state index is 0.118. The molecule has 15 heteroatoms. The fourth-order valence-electron chi connectivity index (χ4n) is 3.41. The summed E-state index contributed by atoms with van der Waals surface area (Å²) in [6.45, 7) is 0.0796. The van der Waals surface area contributed by atoms with Crippen LogP contribution in [0, 0.1) is 5.82 Å². The normalized spacial score (nSPS) is 15.9. The number of hydrogen-bond donors (Lipinski definition) is 1. The highest BCUT2D eigenvalue weighted by Gasteiger charge is 2.35. The number of carbonyl (C=O) groups excluding carboxylic acids is 2. The van der Waals surface area contributed by atoms with Crippen molar-refractivity contribution >= 4 is 29.3 Å². The SMILES string of the molecule is COC(=O)COC1CCN(C(=O)Nc2cc(-n3c(=O)cc(C(F)(F)F)n(C)c3=O)c(F)cc2Cl)C1. The Labute approximate surface area is 199 Å². The number of nitrogens with one attached hydrogen (secondary N) is 1. The topological polar surface area (TPSA) is 112 Å². The van der Waals surface area contributed by atoms with Crippen LogP contribution in [0.3, 0.4) is 0 Å². The third-order valence-electron chi connectivity index (χ3n) is 5.23. The minimum atomic E-state index is -4.99. The van der Waals surface area contributed by atoms with Crippen molar-refractivity contribution < 1.29 is 36.6 Å². The van der Waals surface area contributed by atoms with Gasteiger partial charge in [-0.3, -0.25) is 9.36 Å². The number of likely N-dealkylation sites (tertiary alicyclic amines) is 1. The molecular formula is C20H19ClF4N4O6. The van der Waals surface area contributed by atoms with E-state index in [2.05, 4.69) is 10.1 Å². The van der Waals surface area contributed by atoms with Crippen LogP contribution in [-0.2, 0) is 27.5 Å². The van der Waals surface area contributed by atoms with E-state index < -0.39 is 52.7 Å². The summed E-state index contributed by atoms with van der Waals surface area (Å²) in [4.78, 5) is 50.0. The molecule has 2 heterocycles. The molecule has 0 saturated carbocycles. The standard InChI is InChI=1S/C20H19ClF4N4O6/c1-27-15(20(23,24)25)7-16(30)29(19(27)33)14-6-13(11(21)5-12(14)22)26-18(32)28-4-3-10(8-28)35-9-17(31)34-2/h5-7,10H,3-4,8-9H2,1-2H3,(H,26,32). The molecular weight excluding hydrogens is 504 g/mol. The molecule has 190 valence electrons. The number of methoxy groups -OCH3 is 1. The van der Waals surface area contributed by atoms with Crippen molar-refractivity contribution in [3.63, 3.8) is 0 Å². The molecule has 1 aromatic heterocycles. The van der Waals surface area contributed by atoms with Gasteiger partial charge in [0.25, 0.3) is 5.56 Å². The van der Waals surface area contributed by atoms with Gasteiger partial charge in [-0.2, -0.15) is 13.2 Å². The molecule has 1 aliphatic heterocycles. The zero-order valence-corrected chi connectivity index (χ0v) is 19.1. The van der Waals surface area contributed by atoms with E-state index in [-0.39, 0.29) is 45.6 Å². The molecule has 0 radical (unpaired) electrons. The lowest BCUT2D eigenvalue weighted by Crippen LogP contribution is -2.41. The molecule has 3 rings (SSSR count). The summed E-state index contributed by atoms with van der Waals surface area (Å²) in [5.41, 5.74) is -5.28. The van der Waals surface area contributed by atoms with Crippen LogP contribution in [0.4, 0.5) is 28.0 Å². The highest BCUT2D eigenvalue weighted by atomic mass is 35.5. The number of halogens is 5. The van der Waals surface area contributed by atoms with Gasteiger partial charge < -0.3 is 19.7 Å². The van der Waals surface area contributed by atoms with Crippen LogP contribution in [0.5, 0.6) is 0 Å². The number of carbonyl (C=O) groups is 2. The maximum Gasteiger partial charge on any atom is 0.431 e. The lowest BCUT2D eigenvalue weighted by molar-refractivity contribution is -0.147. The van der Waals surface area contributed by atoms with Crippen molar-refractivity contribution in [3.05, 3.63) is 55.6 Å². The first-order chi connectivity index (χ1) is 16.3. The first kappa shape index (κ1) is 26.2. The van der Waals surface area contributed by atoms with Gasteiger partial charge in [0.1, 0.15) is 18.1 Å². The lowest BCUT2D eigenvalue weighted by atomic mass is 10.2. The van der Waals surface area contributed by atoms with E-state index in [1.165, 1.54) is 12.0 Å². The lowest BCUT2D eigenvalue weighted by Gasteiger charge is -2.19. The molecule has 10 nitrogen and oxygen atoms in total. The fraction of sp³-hybridized carbons (Fsp3) is 0.400. The van der Waals surface area contributed by atoms with Crippen molar-refractivity contribution in [1.29, 1.82) is 0 Å². The van der Waals surface area contributed by atoms with E-state index >= 15 is 0 Å². The van der Waals surface area contributed by atoms with Crippen LogP contribution in [0.1, 0.15) is 12.1 Å². The van der Waals surface area contributed by atoms with E-state index in [1.54, 1.807) is 0 Å². The summed E-state index contributed by atoms with van der Waals surface area (Å²) in [5.74, 6) is -1.76. The van der Waals surface area contributed by atoms with Gasteiger partial charge in [-0.1, -0.05) is 11.6 Å². The van der Waals surface area contributed by atoms with Gasteiger partial charge in [-0.15, -0.1) is 0 Å². The average molecular weight is 523 g/mol. The molecule has 0 bridgehead atoms. The van der Waals surface area contributed by atoms with Crippen LogP contribution in [0.2, 0.25) is 5.02 Å². The number of rotatable bonds is 5. The van der Waals surface area contributed by atoms with Gasteiger partial charge in [0, 0.05) is 26.2 Å². The Bertz CT molecular complexity index is 1280. The Morgan fingerprint density at radius 2 is 1.91 bits per heavy atom. The zero-order chi connectivity index (χ0) is 26.1. The van der Waals surface area contributed by atoms with Crippen molar-refractivity contribution in [2.75, 3.05) is 32.1 Å².